The van der Waals surface area contributed by atoms with Crippen molar-refractivity contribution in [3.8, 4) is 17.2 Å². The van der Waals surface area contributed by atoms with Gasteiger partial charge in [0.2, 0.25) is 5.91 Å². The van der Waals surface area contributed by atoms with E-state index in [-0.39, 0.29) is 18.2 Å². The number of methoxy groups -OCH3 is 2. The minimum atomic E-state index is -0.448. The van der Waals surface area contributed by atoms with Crippen molar-refractivity contribution in [2.24, 2.45) is 0 Å². The molecule has 2 aromatic carbocycles. The molecule has 0 unspecified atom stereocenters. The molecule has 2 N–H and O–H groups in total. The third-order valence-electron chi connectivity index (χ3n) is 4.13. The number of amides is 2. The second kappa shape index (κ2) is 11.5. The summed E-state index contributed by atoms with van der Waals surface area (Å²) in [6.07, 6.45) is 0.794. The lowest BCUT2D eigenvalue weighted by Crippen LogP contribution is -2.30. The van der Waals surface area contributed by atoms with Crippen LogP contribution in [0.25, 0.3) is 0 Å². The lowest BCUT2D eigenvalue weighted by molar-refractivity contribution is -0.131. The number of ether oxygens (including phenoxy) is 3. The Kier molecular flexibility index (Phi) is 8.68. The number of rotatable bonds is 10. The Hall–Kier alpha value is -3.55. The van der Waals surface area contributed by atoms with Crippen LogP contribution in [0.3, 0.4) is 0 Å². The molecule has 30 heavy (non-hydrogen) atoms. The smallest absolute Gasteiger partial charge is 0.308 e. The van der Waals surface area contributed by atoms with Gasteiger partial charge in [-0.05, 0) is 42.3 Å². The summed E-state index contributed by atoms with van der Waals surface area (Å²) in [6, 6.07) is 11.7. The molecule has 0 atom stereocenters. The van der Waals surface area contributed by atoms with Crippen LogP contribution in [0.4, 0.5) is 0 Å². The molecular weight excluding hydrogens is 388 g/mol. The zero-order valence-electron chi connectivity index (χ0n) is 17.3. The van der Waals surface area contributed by atoms with E-state index in [1.165, 1.54) is 13.0 Å². The van der Waals surface area contributed by atoms with Crippen molar-refractivity contribution in [2.75, 3.05) is 27.3 Å². The number of carbonyl (C=O) groups is 3. The number of nitrogens with one attached hydrogen (secondary N) is 2. The normalized spacial score (nSPS) is 10.1. The first-order chi connectivity index (χ1) is 14.4. The second-order valence-corrected chi connectivity index (χ2v) is 6.45. The number of carbonyl (C=O) groups excluding carboxylic acids is 3. The molecule has 2 amide bonds. The van der Waals surface area contributed by atoms with E-state index in [0.717, 1.165) is 5.56 Å². The van der Waals surface area contributed by atoms with E-state index in [0.29, 0.717) is 42.3 Å². The molecule has 0 heterocycles. The van der Waals surface area contributed by atoms with Gasteiger partial charge in [-0.2, -0.15) is 0 Å². The highest BCUT2D eigenvalue weighted by molar-refractivity contribution is 5.94. The first-order valence-corrected chi connectivity index (χ1v) is 9.47. The van der Waals surface area contributed by atoms with Gasteiger partial charge in [-0.25, -0.2) is 0 Å². The highest BCUT2D eigenvalue weighted by Crippen LogP contribution is 2.27. The minimum Gasteiger partial charge on any atom is -0.493 e. The van der Waals surface area contributed by atoms with Crippen molar-refractivity contribution in [3.05, 3.63) is 53.6 Å². The lowest BCUT2D eigenvalue weighted by atomic mass is 10.1. The molecular formula is C22H26N2O6. The lowest BCUT2D eigenvalue weighted by Gasteiger charge is -2.10. The van der Waals surface area contributed by atoms with Gasteiger partial charge in [0, 0.05) is 25.6 Å². The van der Waals surface area contributed by atoms with Crippen molar-refractivity contribution in [1.29, 1.82) is 0 Å². The summed E-state index contributed by atoms with van der Waals surface area (Å²) < 4.78 is 15.4. The van der Waals surface area contributed by atoms with Gasteiger partial charge in [-0.3, -0.25) is 14.4 Å². The Morgan fingerprint density at radius 2 is 1.63 bits per heavy atom. The van der Waals surface area contributed by atoms with E-state index >= 15 is 0 Å². The fourth-order valence-electron chi connectivity index (χ4n) is 2.73. The Labute approximate surface area is 175 Å². The number of hydrogen-bond donors (Lipinski definition) is 2. The Bertz CT molecular complexity index is 897. The predicted octanol–water partition coefficient (Wildman–Crippen LogP) is 2.11. The van der Waals surface area contributed by atoms with Gasteiger partial charge in [0.25, 0.3) is 5.91 Å². The highest BCUT2D eigenvalue weighted by atomic mass is 16.5. The van der Waals surface area contributed by atoms with Gasteiger partial charge < -0.3 is 24.8 Å². The third-order valence-corrected chi connectivity index (χ3v) is 4.13. The summed E-state index contributed by atoms with van der Waals surface area (Å²) in [6.45, 7) is 2.12. The van der Waals surface area contributed by atoms with Gasteiger partial charge in [0.15, 0.2) is 11.5 Å². The second-order valence-electron chi connectivity index (χ2n) is 6.45. The van der Waals surface area contributed by atoms with Crippen LogP contribution in [-0.4, -0.2) is 45.1 Å². The van der Waals surface area contributed by atoms with Crippen LogP contribution in [0.15, 0.2) is 42.5 Å². The van der Waals surface area contributed by atoms with Gasteiger partial charge in [-0.1, -0.05) is 12.1 Å². The summed E-state index contributed by atoms with van der Waals surface area (Å²) in [7, 11) is 3.10. The number of esters is 1. The van der Waals surface area contributed by atoms with Gasteiger partial charge >= 0.3 is 5.97 Å². The van der Waals surface area contributed by atoms with E-state index in [2.05, 4.69) is 10.6 Å². The molecule has 0 bridgehead atoms. The summed E-state index contributed by atoms with van der Waals surface area (Å²) in [5.41, 5.74) is 1.21. The Morgan fingerprint density at radius 3 is 2.33 bits per heavy atom. The minimum absolute atomic E-state index is 0.123. The monoisotopic (exact) mass is 414 g/mol. The number of hydrogen-bond acceptors (Lipinski definition) is 6. The van der Waals surface area contributed by atoms with Crippen molar-refractivity contribution < 1.29 is 28.6 Å². The molecule has 0 spiro atoms. The van der Waals surface area contributed by atoms with E-state index in [9.17, 15) is 14.4 Å². The highest BCUT2D eigenvalue weighted by Gasteiger charge is 2.09. The average molecular weight is 414 g/mol. The van der Waals surface area contributed by atoms with Crippen molar-refractivity contribution in [1.82, 2.24) is 10.6 Å². The molecule has 0 aliphatic carbocycles. The third kappa shape index (κ3) is 7.12. The molecule has 0 aliphatic rings. The summed E-state index contributed by atoms with van der Waals surface area (Å²) in [5, 5.41) is 5.59. The average Bonchev–Trinajstić information content (AvgIpc) is 2.73. The van der Waals surface area contributed by atoms with Crippen molar-refractivity contribution >= 4 is 17.8 Å². The summed E-state index contributed by atoms with van der Waals surface area (Å²) in [5.74, 6) is 0.649. The van der Waals surface area contributed by atoms with Crippen LogP contribution < -0.4 is 24.8 Å². The van der Waals surface area contributed by atoms with Gasteiger partial charge in [-0.15, -0.1) is 0 Å². The molecule has 0 saturated heterocycles. The van der Waals surface area contributed by atoms with E-state index in [4.69, 9.17) is 14.2 Å². The van der Waals surface area contributed by atoms with Crippen molar-refractivity contribution in [3.63, 3.8) is 0 Å². The van der Waals surface area contributed by atoms with Crippen LogP contribution in [0, 0.1) is 0 Å². The Balaban J connectivity index is 1.72. The van der Waals surface area contributed by atoms with E-state index in [1.54, 1.807) is 44.6 Å². The van der Waals surface area contributed by atoms with Crippen LogP contribution >= 0.6 is 0 Å². The standard InChI is InChI=1S/C22H26N2O6/c1-15(25)30-18-7-4-6-17(14-18)22(27)24-11-5-10-23-21(26)13-16-8-9-19(28-2)20(12-16)29-3/h4,6-9,12,14H,5,10-11,13H2,1-3H3,(H,23,26)(H,24,27). The maximum atomic E-state index is 12.2. The molecule has 8 heteroatoms. The quantitative estimate of drug-likeness (QED) is 0.351. The molecule has 2 aromatic rings. The van der Waals surface area contributed by atoms with E-state index < -0.39 is 5.97 Å². The molecule has 0 saturated carbocycles. The summed E-state index contributed by atoms with van der Waals surface area (Å²) >= 11 is 0. The molecule has 160 valence electrons. The largest absolute Gasteiger partial charge is 0.493 e. The molecule has 0 aliphatic heterocycles. The SMILES string of the molecule is COc1ccc(CC(=O)NCCCNC(=O)c2cccc(OC(C)=O)c2)cc1OC. The maximum absolute atomic E-state index is 12.2. The topological polar surface area (TPSA) is 103 Å². The summed E-state index contributed by atoms with van der Waals surface area (Å²) in [4.78, 5) is 35.3. The first-order valence-electron chi connectivity index (χ1n) is 9.47. The number of benzene rings is 2. The Morgan fingerprint density at radius 1 is 0.900 bits per heavy atom. The fraction of sp³-hybridized carbons (Fsp3) is 0.318. The molecule has 8 nitrogen and oxygen atoms in total. The van der Waals surface area contributed by atoms with Crippen LogP contribution in [-0.2, 0) is 16.0 Å². The van der Waals surface area contributed by atoms with Crippen LogP contribution in [0.2, 0.25) is 0 Å². The van der Waals surface area contributed by atoms with Crippen LogP contribution in [0.1, 0.15) is 29.3 Å². The maximum Gasteiger partial charge on any atom is 0.308 e. The zero-order chi connectivity index (χ0) is 21.9. The molecule has 0 radical (unpaired) electrons. The molecule has 0 aromatic heterocycles. The molecule has 2 rings (SSSR count). The molecule has 0 fully saturated rings. The zero-order valence-corrected chi connectivity index (χ0v) is 17.3. The van der Waals surface area contributed by atoms with Gasteiger partial charge in [0.05, 0.1) is 20.6 Å². The van der Waals surface area contributed by atoms with E-state index in [1.807, 2.05) is 6.07 Å². The predicted molar refractivity (Wildman–Crippen MR) is 111 cm³/mol. The van der Waals surface area contributed by atoms with Gasteiger partial charge in [0.1, 0.15) is 5.75 Å². The first kappa shape index (κ1) is 22.7. The van der Waals surface area contributed by atoms with Crippen molar-refractivity contribution in [2.45, 2.75) is 19.8 Å². The van der Waals surface area contributed by atoms with Crippen LogP contribution in [0.5, 0.6) is 17.2 Å². The fourth-order valence-corrected chi connectivity index (χ4v) is 2.73.